The van der Waals surface area contributed by atoms with Gasteiger partial charge in [-0.05, 0) is 36.4 Å². The molecule has 1 amide bonds. The predicted octanol–water partition coefficient (Wildman–Crippen LogP) is 2.24. The maximum Gasteiger partial charge on any atom is 0.256 e. The van der Waals surface area contributed by atoms with E-state index in [1.807, 2.05) is 0 Å². The lowest BCUT2D eigenvalue weighted by molar-refractivity contribution is 0.102. The molecule has 0 spiro atoms. The first-order valence-corrected chi connectivity index (χ1v) is 8.08. The van der Waals surface area contributed by atoms with Crippen LogP contribution in [-0.4, -0.2) is 37.7 Å². The van der Waals surface area contributed by atoms with E-state index >= 15 is 0 Å². The number of nitrogens with zero attached hydrogens (tertiary/aromatic N) is 2. The summed E-state index contributed by atoms with van der Waals surface area (Å²) in [6.07, 6.45) is 1.42. The second-order valence-corrected chi connectivity index (χ2v) is 7.22. The van der Waals surface area contributed by atoms with Crippen LogP contribution < -0.4 is 5.32 Å². The number of benzene rings is 1. The topological polar surface area (TPSA) is 79.4 Å². The minimum atomic E-state index is -3.51. The molecule has 8 heteroatoms. The molecule has 2 aromatic rings. The lowest BCUT2D eigenvalue weighted by Gasteiger charge is -2.11. The summed E-state index contributed by atoms with van der Waals surface area (Å²) in [6, 6.07) is 8.85. The van der Waals surface area contributed by atoms with Gasteiger partial charge in [0.05, 0.1) is 9.92 Å². The van der Waals surface area contributed by atoms with Crippen molar-refractivity contribution in [3.8, 4) is 0 Å². The molecule has 0 saturated carbocycles. The Morgan fingerprint density at radius 1 is 1.14 bits per heavy atom. The molecule has 116 valence electrons. The van der Waals surface area contributed by atoms with E-state index in [2.05, 4.69) is 10.3 Å². The first-order chi connectivity index (χ1) is 10.3. The molecule has 1 aromatic heterocycles. The lowest BCUT2D eigenvalue weighted by atomic mass is 10.2. The maximum atomic E-state index is 12.0. The van der Waals surface area contributed by atoms with Crippen molar-refractivity contribution in [2.75, 3.05) is 19.4 Å². The van der Waals surface area contributed by atoms with Crippen molar-refractivity contribution in [3.05, 3.63) is 53.2 Å². The number of hydrogen-bond donors (Lipinski definition) is 1. The van der Waals surface area contributed by atoms with Crippen LogP contribution in [0, 0.1) is 0 Å². The molecule has 0 unspecified atom stereocenters. The van der Waals surface area contributed by atoms with Crippen LogP contribution in [0.15, 0.2) is 47.5 Å². The summed E-state index contributed by atoms with van der Waals surface area (Å²) in [6.45, 7) is 0. The number of halogens is 1. The van der Waals surface area contributed by atoms with Gasteiger partial charge in [-0.2, -0.15) is 0 Å². The highest BCUT2D eigenvalue weighted by molar-refractivity contribution is 7.89. The lowest BCUT2D eigenvalue weighted by Crippen LogP contribution is -2.22. The van der Waals surface area contributed by atoms with E-state index < -0.39 is 10.0 Å². The standard InChI is InChI=1S/C14H14ClN3O3S/c1-18(2)22(20,21)12-6-3-10(4-7-12)14(19)17-13-8-5-11(15)9-16-13/h3-9H,1-2H3,(H,16,17,19). The number of amides is 1. The normalized spacial score (nSPS) is 11.5. The van der Waals surface area contributed by atoms with Crippen molar-refractivity contribution in [2.24, 2.45) is 0 Å². The molecule has 0 radical (unpaired) electrons. The third-order valence-electron chi connectivity index (χ3n) is 2.86. The second kappa shape index (κ2) is 6.43. The van der Waals surface area contributed by atoms with Crippen LogP contribution in [0.5, 0.6) is 0 Å². The molecule has 0 aliphatic rings. The van der Waals surface area contributed by atoms with Gasteiger partial charge < -0.3 is 5.32 Å². The van der Waals surface area contributed by atoms with Crippen molar-refractivity contribution in [1.29, 1.82) is 0 Å². The Hall–Kier alpha value is -1.96. The van der Waals surface area contributed by atoms with Crippen LogP contribution in [0.2, 0.25) is 5.02 Å². The fourth-order valence-electron chi connectivity index (χ4n) is 1.63. The van der Waals surface area contributed by atoms with Crippen molar-refractivity contribution >= 4 is 33.3 Å². The molecule has 2 rings (SSSR count). The first-order valence-electron chi connectivity index (χ1n) is 6.26. The summed E-state index contributed by atoms with van der Waals surface area (Å²) in [5, 5.41) is 3.07. The molecule has 0 saturated heterocycles. The zero-order chi connectivity index (χ0) is 16.3. The van der Waals surface area contributed by atoms with Crippen LogP contribution in [-0.2, 0) is 10.0 Å². The number of aromatic nitrogens is 1. The van der Waals surface area contributed by atoms with Crippen LogP contribution in [0.25, 0.3) is 0 Å². The van der Waals surface area contributed by atoms with Gasteiger partial charge in [-0.15, -0.1) is 0 Å². The highest BCUT2D eigenvalue weighted by atomic mass is 35.5. The van der Waals surface area contributed by atoms with Gasteiger partial charge >= 0.3 is 0 Å². The van der Waals surface area contributed by atoms with Crippen molar-refractivity contribution in [3.63, 3.8) is 0 Å². The number of hydrogen-bond acceptors (Lipinski definition) is 4. The summed E-state index contributed by atoms with van der Waals surface area (Å²) in [5.41, 5.74) is 0.328. The van der Waals surface area contributed by atoms with E-state index in [4.69, 9.17) is 11.6 Å². The van der Waals surface area contributed by atoms with E-state index in [1.165, 1.54) is 44.6 Å². The number of anilines is 1. The van der Waals surface area contributed by atoms with E-state index in [1.54, 1.807) is 12.1 Å². The third-order valence-corrected chi connectivity index (χ3v) is 4.92. The van der Waals surface area contributed by atoms with E-state index in [-0.39, 0.29) is 10.8 Å². The Morgan fingerprint density at radius 2 is 1.77 bits per heavy atom. The number of carbonyl (C=O) groups is 1. The first kappa shape index (κ1) is 16.4. The van der Waals surface area contributed by atoms with Gasteiger partial charge in [0.15, 0.2) is 0 Å². The minimum absolute atomic E-state index is 0.124. The van der Waals surface area contributed by atoms with Gasteiger partial charge in [-0.3, -0.25) is 4.79 Å². The Labute approximate surface area is 133 Å². The average molecular weight is 340 g/mol. The smallest absolute Gasteiger partial charge is 0.256 e. The average Bonchev–Trinajstić information content (AvgIpc) is 2.49. The molecule has 0 atom stereocenters. The van der Waals surface area contributed by atoms with E-state index in [0.29, 0.717) is 16.4 Å². The van der Waals surface area contributed by atoms with Crippen LogP contribution in [0.4, 0.5) is 5.82 Å². The van der Waals surface area contributed by atoms with Gasteiger partial charge in [0.1, 0.15) is 5.82 Å². The van der Waals surface area contributed by atoms with Crippen LogP contribution >= 0.6 is 11.6 Å². The number of rotatable bonds is 4. The quantitative estimate of drug-likeness (QED) is 0.926. The largest absolute Gasteiger partial charge is 0.307 e. The SMILES string of the molecule is CN(C)S(=O)(=O)c1ccc(C(=O)Nc2ccc(Cl)cn2)cc1. The van der Waals surface area contributed by atoms with Crippen LogP contribution in [0.3, 0.4) is 0 Å². The van der Waals surface area contributed by atoms with Gasteiger partial charge in [-0.1, -0.05) is 11.6 Å². The molecule has 0 aliphatic carbocycles. The summed E-state index contributed by atoms with van der Waals surface area (Å²) in [7, 11) is -0.615. The fraction of sp³-hybridized carbons (Fsp3) is 0.143. The zero-order valence-electron chi connectivity index (χ0n) is 11.9. The second-order valence-electron chi connectivity index (χ2n) is 4.63. The number of carbonyl (C=O) groups excluding carboxylic acids is 1. The Balaban J connectivity index is 2.16. The molecule has 22 heavy (non-hydrogen) atoms. The molecular formula is C14H14ClN3O3S. The molecule has 1 aromatic carbocycles. The highest BCUT2D eigenvalue weighted by Gasteiger charge is 2.17. The van der Waals surface area contributed by atoms with Crippen LogP contribution in [0.1, 0.15) is 10.4 Å². The minimum Gasteiger partial charge on any atom is -0.307 e. The number of sulfonamides is 1. The summed E-state index contributed by atoms with van der Waals surface area (Å²) in [5.74, 6) is -0.0250. The predicted molar refractivity (Wildman–Crippen MR) is 84.5 cm³/mol. The number of pyridine rings is 1. The molecule has 6 nitrogen and oxygen atoms in total. The van der Waals surface area contributed by atoms with Gasteiger partial charge in [-0.25, -0.2) is 17.7 Å². The van der Waals surface area contributed by atoms with Crippen molar-refractivity contribution in [2.45, 2.75) is 4.90 Å². The summed E-state index contributed by atoms with van der Waals surface area (Å²) < 4.78 is 25.0. The van der Waals surface area contributed by atoms with E-state index in [9.17, 15) is 13.2 Å². The molecular weight excluding hydrogens is 326 g/mol. The Kier molecular flexibility index (Phi) is 4.80. The maximum absolute atomic E-state index is 12.0. The van der Waals surface area contributed by atoms with Gasteiger partial charge in [0.2, 0.25) is 10.0 Å². The third kappa shape index (κ3) is 3.62. The molecule has 0 aliphatic heterocycles. The van der Waals surface area contributed by atoms with Crippen molar-refractivity contribution < 1.29 is 13.2 Å². The Morgan fingerprint density at radius 3 is 2.27 bits per heavy atom. The molecule has 0 bridgehead atoms. The summed E-state index contributed by atoms with van der Waals surface area (Å²) >= 11 is 5.71. The van der Waals surface area contributed by atoms with Crippen molar-refractivity contribution in [1.82, 2.24) is 9.29 Å². The van der Waals surface area contributed by atoms with Gasteiger partial charge in [0.25, 0.3) is 5.91 Å². The zero-order valence-corrected chi connectivity index (χ0v) is 13.5. The Bertz CT molecular complexity index is 772. The molecule has 1 heterocycles. The molecule has 1 N–H and O–H groups in total. The highest BCUT2D eigenvalue weighted by Crippen LogP contribution is 2.15. The van der Waals surface area contributed by atoms with Gasteiger partial charge in [0, 0.05) is 25.9 Å². The monoisotopic (exact) mass is 339 g/mol. The van der Waals surface area contributed by atoms with E-state index in [0.717, 1.165) is 4.31 Å². The fourth-order valence-corrected chi connectivity index (χ4v) is 2.64. The summed E-state index contributed by atoms with van der Waals surface area (Å²) in [4.78, 5) is 16.1. The number of nitrogens with one attached hydrogen (secondary N) is 1. The molecule has 0 fully saturated rings.